The molecule has 29 heavy (non-hydrogen) atoms. The van der Waals surface area contributed by atoms with Crippen molar-refractivity contribution in [1.29, 1.82) is 0 Å². The van der Waals surface area contributed by atoms with E-state index in [1.165, 1.54) is 37.0 Å². The van der Waals surface area contributed by atoms with Crippen LogP contribution in [0.2, 0.25) is 5.02 Å². The maximum absolute atomic E-state index is 6.01. The number of ether oxygens (including phenoxy) is 1. The first-order valence-electron chi connectivity index (χ1n) is 10.7. The third-order valence-electron chi connectivity index (χ3n) is 5.97. The normalized spacial score (nSPS) is 15.8. The van der Waals surface area contributed by atoms with Gasteiger partial charge in [-0.1, -0.05) is 30.7 Å². The fourth-order valence-electron chi connectivity index (χ4n) is 4.11. The van der Waals surface area contributed by atoms with Crippen molar-refractivity contribution in [3.8, 4) is 5.75 Å². The van der Waals surface area contributed by atoms with Gasteiger partial charge in [0, 0.05) is 11.6 Å². The van der Waals surface area contributed by atoms with Crippen LogP contribution in [-0.2, 0) is 13.2 Å². The van der Waals surface area contributed by atoms with Crippen LogP contribution in [0.4, 0.5) is 0 Å². The van der Waals surface area contributed by atoms with Gasteiger partial charge in [0.25, 0.3) is 0 Å². The molecular formula is C24H30ClN3O. The molecule has 0 unspecified atom stereocenters. The molecular weight excluding hydrogens is 382 g/mol. The Balaban J connectivity index is 1.47. The van der Waals surface area contributed by atoms with Crippen molar-refractivity contribution in [3.05, 3.63) is 58.9 Å². The molecule has 1 aliphatic heterocycles. The molecule has 0 amide bonds. The maximum atomic E-state index is 6.01. The number of fused-ring (bicyclic) bond motifs is 1. The average Bonchev–Trinajstić information content (AvgIpc) is 3.08. The van der Waals surface area contributed by atoms with E-state index in [1.54, 1.807) is 0 Å². The Morgan fingerprint density at radius 2 is 1.83 bits per heavy atom. The van der Waals surface area contributed by atoms with E-state index in [2.05, 4.69) is 41.5 Å². The van der Waals surface area contributed by atoms with E-state index in [0.29, 0.717) is 11.6 Å². The van der Waals surface area contributed by atoms with Crippen molar-refractivity contribution >= 4 is 22.6 Å². The lowest BCUT2D eigenvalue weighted by Crippen LogP contribution is -2.34. The fraction of sp³-hybridized carbons (Fsp3) is 0.458. The summed E-state index contributed by atoms with van der Waals surface area (Å²) >= 11 is 5.98. The molecule has 1 fully saturated rings. The van der Waals surface area contributed by atoms with Gasteiger partial charge in [-0.3, -0.25) is 0 Å². The molecule has 4 nitrogen and oxygen atoms in total. The number of hydrogen-bond donors (Lipinski definition) is 0. The topological polar surface area (TPSA) is 30.3 Å². The summed E-state index contributed by atoms with van der Waals surface area (Å²) in [4.78, 5) is 7.52. The van der Waals surface area contributed by atoms with Crippen LogP contribution in [0, 0.1) is 12.8 Å². The highest BCUT2D eigenvalue weighted by Crippen LogP contribution is 2.23. The highest BCUT2D eigenvalue weighted by Gasteiger charge is 2.16. The molecule has 0 bridgehead atoms. The molecule has 0 radical (unpaired) electrons. The van der Waals surface area contributed by atoms with Crippen LogP contribution in [-0.4, -0.2) is 34.1 Å². The van der Waals surface area contributed by atoms with Crippen molar-refractivity contribution in [2.75, 3.05) is 19.6 Å². The molecule has 2 heterocycles. The van der Waals surface area contributed by atoms with E-state index >= 15 is 0 Å². The number of benzene rings is 2. The third-order valence-corrected chi connectivity index (χ3v) is 6.23. The van der Waals surface area contributed by atoms with E-state index in [1.807, 2.05) is 24.3 Å². The fourth-order valence-corrected chi connectivity index (χ4v) is 4.24. The number of nitrogens with zero attached hydrogens (tertiary/aromatic N) is 3. The largest absolute Gasteiger partial charge is 0.486 e. The lowest BCUT2D eigenvalue weighted by molar-refractivity contribution is 0.188. The smallest absolute Gasteiger partial charge is 0.148 e. The number of likely N-dealkylation sites (tertiary alicyclic amines) is 1. The van der Waals surface area contributed by atoms with E-state index in [9.17, 15) is 0 Å². The van der Waals surface area contributed by atoms with Crippen LogP contribution in [0.15, 0.2) is 42.5 Å². The van der Waals surface area contributed by atoms with Crippen LogP contribution in [0.1, 0.15) is 37.6 Å². The van der Waals surface area contributed by atoms with E-state index in [4.69, 9.17) is 21.3 Å². The monoisotopic (exact) mass is 411 g/mol. The predicted molar refractivity (Wildman–Crippen MR) is 120 cm³/mol. The second-order valence-corrected chi connectivity index (χ2v) is 8.68. The number of piperidine rings is 1. The van der Waals surface area contributed by atoms with Crippen molar-refractivity contribution < 1.29 is 4.74 Å². The van der Waals surface area contributed by atoms with Gasteiger partial charge in [0.05, 0.1) is 11.0 Å². The van der Waals surface area contributed by atoms with Gasteiger partial charge >= 0.3 is 0 Å². The molecule has 5 heteroatoms. The molecule has 4 rings (SSSR count). The molecule has 0 saturated carbocycles. The van der Waals surface area contributed by atoms with Gasteiger partial charge in [-0.05, 0) is 87.6 Å². The lowest BCUT2D eigenvalue weighted by Gasteiger charge is -2.30. The first kappa shape index (κ1) is 20.2. The number of rotatable bonds is 7. The summed E-state index contributed by atoms with van der Waals surface area (Å²) in [7, 11) is 0. The Morgan fingerprint density at radius 1 is 1.07 bits per heavy atom. The molecule has 3 aromatic rings. The molecule has 154 valence electrons. The van der Waals surface area contributed by atoms with Crippen molar-refractivity contribution in [1.82, 2.24) is 14.5 Å². The lowest BCUT2D eigenvalue weighted by atomic mass is 9.99. The average molecular weight is 412 g/mol. The minimum absolute atomic E-state index is 0.455. The van der Waals surface area contributed by atoms with Crippen molar-refractivity contribution in [3.63, 3.8) is 0 Å². The molecule has 0 N–H and O–H groups in total. The molecule has 1 aromatic heterocycles. The number of para-hydroxylation sites is 1. The summed E-state index contributed by atoms with van der Waals surface area (Å²) in [5.74, 6) is 2.67. The highest BCUT2D eigenvalue weighted by atomic mass is 35.5. The summed E-state index contributed by atoms with van der Waals surface area (Å²) in [6.45, 7) is 9.52. The summed E-state index contributed by atoms with van der Waals surface area (Å²) in [6, 6.07) is 13.9. The summed E-state index contributed by atoms with van der Waals surface area (Å²) in [6.07, 6.45) is 3.78. The van der Waals surface area contributed by atoms with Gasteiger partial charge in [-0.25, -0.2) is 4.98 Å². The standard InChI is InChI=1S/C24H30ClN3O/c1-18-11-15-27(16-12-18)13-4-14-28-22-6-3-5-19(2)24(22)26-23(28)17-29-21-9-7-20(25)8-10-21/h3,5-10,18H,4,11-17H2,1-2H3. The number of halogens is 1. The van der Waals surface area contributed by atoms with Crippen LogP contribution < -0.4 is 4.74 Å². The minimum atomic E-state index is 0.455. The quantitative estimate of drug-likeness (QED) is 0.499. The zero-order valence-electron chi connectivity index (χ0n) is 17.4. The third kappa shape index (κ3) is 4.93. The number of hydrogen-bond acceptors (Lipinski definition) is 3. The first-order chi connectivity index (χ1) is 14.1. The van der Waals surface area contributed by atoms with E-state index in [-0.39, 0.29) is 0 Å². The second kappa shape index (κ2) is 9.19. The Kier molecular flexibility index (Phi) is 6.41. The molecule has 0 atom stereocenters. The predicted octanol–water partition coefficient (Wildman–Crippen LogP) is 5.70. The van der Waals surface area contributed by atoms with Gasteiger partial charge in [0.2, 0.25) is 0 Å². The van der Waals surface area contributed by atoms with Gasteiger partial charge in [0.15, 0.2) is 0 Å². The van der Waals surface area contributed by atoms with Crippen LogP contribution in [0.5, 0.6) is 5.75 Å². The molecule has 1 saturated heterocycles. The van der Waals surface area contributed by atoms with E-state index in [0.717, 1.165) is 42.5 Å². The zero-order valence-corrected chi connectivity index (χ0v) is 18.2. The van der Waals surface area contributed by atoms with E-state index < -0.39 is 0 Å². The van der Waals surface area contributed by atoms with Crippen LogP contribution in [0.25, 0.3) is 11.0 Å². The Labute approximate surface area is 178 Å². The number of aromatic nitrogens is 2. The Bertz CT molecular complexity index is 943. The maximum Gasteiger partial charge on any atom is 0.148 e. The van der Waals surface area contributed by atoms with Gasteiger partial charge in [-0.2, -0.15) is 0 Å². The SMILES string of the molecule is Cc1cccc2c1nc(COc1ccc(Cl)cc1)n2CCCN1CCC(C)CC1. The number of aryl methyl sites for hydroxylation is 2. The molecule has 2 aromatic carbocycles. The summed E-state index contributed by atoms with van der Waals surface area (Å²) < 4.78 is 8.35. The molecule has 0 spiro atoms. The summed E-state index contributed by atoms with van der Waals surface area (Å²) in [5.41, 5.74) is 3.49. The minimum Gasteiger partial charge on any atom is -0.486 e. The molecule has 1 aliphatic rings. The van der Waals surface area contributed by atoms with Crippen LogP contribution in [0.3, 0.4) is 0 Å². The zero-order chi connectivity index (χ0) is 20.2. The number of imidazole rings is 1. The van der Waals surface area contributed by atoms with Crippen molar-refractivity contribution in [2.45, 2.75) is 46.3 Å². The van der Waals surface area contributed by atoms with Gasteiger partial charge in [-0.15, -0.1) is 0 Å². The van der Waals surface area contributed by atoms with Gasteiger partial charge in [0.1, 0.15) is 18.2 Å². The van der Waals surface area contributed by atoms with Gasteiger partial charge < -0.3 is 14.2 Å². The highest BCUT2D eigenvalue weighted by molar-refractivity contribution is 6.30. The first-order valence-corrected chi connectivity index (χ1v) is 11.0. The summed E-state index contributed by atoms with van der Waals surface area (Å²) in [5, 5.41) is 0.715. The Hall–Kier alpha value is -2.04. The van der Waals surface area contributed by atoms with Crippen molar-refractivity contribution in [2.24, 2.45) is 5.92 Å². The second-order valence-electron chi connectivity index (χ2n) is 8.24. The van der Waals surface area contributed by atoms with Crippen LogP contribution >= 0.6 is 11.6 Å². The molecule has 0 aliphatic carbocycles. The Morgan fingerprint density at radius 3 is 2.59 bits per heavy atom.